The van der Waals surface area contributed by atoms with E-state index >= 15 is 0 Å². The van der Waals surface area contributed by atoms with Gasteiger partial charge in [0.25, 0.3) is 0 Å². The number of hydrogen-bond acceptors (Lipinski definition) is 4. The average molecular weight is 443 g/mol. The van der Waals surface area contributed by atoms with Crippen LogP contribution in [0.3, 0.4) is 0 Å². The first-order valence-corrected chi connectivity index (χ1v) is 11.4. The van der Waals surface area contributed by atoms with E-state index in [0.717, 1.165) is 5.57 Å². The van der Waals surface area contributed by atoms with Crippen molar-refractivity contribution < 1.29 is 9.53 Å². The molecule has 6 heteroatoms. The first kappa shape index (κ1) is 27.4. The summed E-state index contributed by atoms with van der Waals surface area (Å²) >= 11 is 0. The van der Waals surface area contributed by atoms with Crippen molar-refractivity contribution in [3.05, 3.63) is 58.7 Å². The van der Waals surface area contributed by atoms with Gasteiger partial charge in [-0.05, 0) is 69.9 Å². The van der Waals surface area contributed by atoms with Crippen LogP contribution in [-0.2, 0) is 9.53 Å². The van der Waals surface area contributed by atoms with Crippen molar-refractivity contribution in [1.82, 2.24) is 0 Å². The fourth-order valence-corrected chi connectivity index (χ4v) is 3.70. The molecular formula is C26H42N4O2. The molecule has 0 spiro atoms. The zero-order valence-corrected chi connectivity index (χ0v) is 20.5. The predicted octanol–water partition coefficient (Wildman–Crippen LogP) is 4.44. The number of esters is 1. The Bertz CT molecular complexity index is 810. The van der Waals surface area contributed by atoms with Gasteiger partial charge in [0.15, 0.2) is 5.96 Å². The number of ether oxygens (including phenoxy) is 1. The third-order valence-electron chi connectivity index (χ3n) is 5.67. The number of guanidine groups is 1. The quantitative estimate of drug-likeness (QED) is 0.144. The van der Waals surface area contributed by atoms with Crippen molar-refractivity contribution in [2.24, 2.45) is 27.6 Å². The third kappa shape index (κ3) is 10.6. The molecule has 1 aliphatic carbocycles. The van der Waals surface area contributed by atoms with E-state index in [-0.39, 0.29) is 18.0 Å². The molecule has 0 aromatic carbocycles. The number of nitrogens with zero attached hydrogens (tertiary/aromatic N) is 1. The Morgan fingerprint density at radius 1 is 1.22 bits per heavy atom. The van der Waals surface area contributed by atoms with Crippen molar-refractivity contribution in [2.45, 2.75) is 72.8 Å². The van der Waals surface area contributed by atoms with E-state index in [4.69, 9.17) is 21.9 Å². The molecule has 0 aromatic rings. The van der Waals surface area contributed by atoms with Crippen LogP contribution in [0.5, 0.6) is 0 Å². The van der Waals surface area contributed by atoms with Crippen LogP contribution < -0.4 is 17.2 Å². The molecule has 6 N–H and O–H groups in total. The smallest absolute Gasteiger partial charge is 0.323 e. The highest BCUT2D eigenvalue weighted by molar-refractivity contribution is 5.76. The summed E-state index contributed by atoms with van der Waals surface area (Å²) in [6.07, 6.45) is 17.2. The molecule has 1 atom stereocenters. The summed E-state index contributed by atoms with van der Waals surface area (Å²) in [5, 5.41) is 0. The monoisotopic (exact) mass is 442 g/mol. The van der Waals surface area contributed by atoms with Gasteiger partial charge in [-0.2, -0.15) is 0 Å². The van der Waals surface area contributed by atoms with Gasteiger partial charge in [-0.25, -0.2) is 0 Å². The lowest BCUT2D eigenvalue weighted by Gasteiger charge is -2.32. The standard InChI is InChI=1S/C26H42N4O2/c1-19(13-14-22-21(3)11-7-16-26(22,4)5)9-6-10-20(2)15-18-32-24(31)23(27)12-8-17-30-25(28)29/h6,9-10,13-15,23H,7-8,11-12,16-18,27H2,1-5H3,(H4,28,29,30)/t23-/m1/s1. The minimum atomic E-state index is -0.668. The molecule has 1 rings (SSSR count). The topological polar surface area (TPSA) is 117 Å². The molecule has 0 saturated heterocycles. The zero-order valence-electron chi connectivity index (χ0n) is 20.5. The number of aliphatic imine (C=N–C) groups is 1. The Morgan fingerprint density at radius 3 is 2.59 bits per heavy atom. The van der Waals surface area contributed by atoms with Crippen LogP contribution in [0.1, 0.15) is 66.7 Å². The van der Waals surface area contributed by atoms with E-state index in [1.165, 1.54) is 36.0 Å². The third-order valence-corrected chi connectivity index (χ3v) is 5.67. The summed E-state index contributed by atoms with van der Waals surface area (Å²) in [5.41, 5.74) is 21.8. The molecule has 0 unspecified atom stereocenters. The lowest BCUT2D eigenvalue weighted by molar-refractivity contribution is -0.144. The van der Waals surface area contributed by atoms with E-state index < -0.39 is 12.0 Å². The molecule has 6 nitrogen and oxygen atoms in total. The minimum Gasteiger partial charge on any atom is -0.460 e. The van der Waals surface area contributed by atoms with Crippen LogP contribution in [0.15, 0.2) is 63.7 Å². The van der Waals surface area contributed by atoms with Crippen LogP contribution in [0, 0.1) is 5.41 Å². The molecular weight excluding hydrogens is 400 g/mol. The van der Waals surface area contributed by atoms with Crippen molar-refractivity contribution in [2.75, 3.05) is 13.2 Å². The Labute approximate surface area is 194 Å². The number of carbonyl (C=O) groups is 1. The highest BCUT2D eigenvalue weighted by atomic mass is 16.5. The summed E-state index contributed by atoms with van der Waals surface area (Å²) < 4.78 is 5.22. The second kappa shape index (κ2) is 13.7. The maximum Gasteiger partial charge on any atom is 0.323 e. The van der Waals surface area contributed by atoms with Gasteiger partial charge in [0.2, 0.25) is 0 Å². The Morgan fingerprint density at radius 2 is 1.94 bits per heavy atom. The van der Waals surface area contributed by atoms with Crippen LogP contribution in [0.25, 0.3) is 0 Å². The summed E-state index contributed by atoms with van der Waals surface area (Å²) in [7, 11) is 0. The van der Waals surface area contributed by atoms with Gasteiger partial charge >= 0.3 is 5.97 Å². The first-order valence-electron chi connectivity index (χ1n) is 11.4. The number of rotatable bonds is 11. The first-order chi connectivity index (χ1) is 15.0. The SMILES string of the molecule is CC(C=CC1=C(C)CCCC1(C)C)=CC=CC(C)=CCOC(=O)[C@H](N)CCCN=C(N)N. The summed E-state index contributed by atoms with van der Waals surface area (Å²) in [4.78, 5) is 15.8. The fraction of sp³-hybridized carbons (Fsp3) is 0.538. The Balaban J connectivity index is 2.48. The van der Waals surface area contributed by atoms with Gasteiger partial charge in [0.05, 0.1) is 0 Å². The largest absolute Gasteiger partial charge is 0.460 e. The molecule has 0 radical (unpaired) electrons. The maximum absolute atomic E-state index is 11.9. The van der Waals surface area contributed by atoms with Gasteiger partial charge < -0.3 is 21.9 Å². The molecule has 0 fully saturated rings. The maximum atomic E-state index is 11.9. The number of allylic oxidation sites excluding steroid dienone is 9. The molecule has 0 amide bonds. The highest BCUT2D eigenvalue weighted by Crippen LogP contribution is 2.40. The van der Waals surface area contributed by atoms with Crippen LogP contribution >= 0.6 is 0 Å². The molecule has 0 bridgehead atoms. The Kier molecular flexibility index (Phi) is 11.8. The second-order valence-electron chi connectivity index (χ2n) is 9.17. The van der Waals surface area contributed by atoms with Crippen LogP contribution in [-0.4, -0.2) is 31.1 Å². The molecule has 0 saturated carbocycles. The second-order valence-corrected chi connectivity index (χ2v) is 9.17. The summed E-state index contributed by atoms with van der Waals surface area (Å²) in [6.45, 7) is 11.6. The molecule has 0 heterocycles. The van der Waals surface area contributed by atoms with Gasteiger partial charge in [-0.1, -0.05) is 60.9 Å². The van der Waals surface area contributed by atoms with E-state index in [1.54, 1.807) is 0 Å². The highest BCUT2D eigenvalue weighted by Gasteiger charge is 2.26. The summed E-state index contributed by atoms with van der Waals surface area (Å²) in [6, 6.07) is -0.668. The van der Waals surface area contributed by atoms with E-state index in [1.807, 2.05) is 25.2 Å². The number of nitrogens with two attached hydrogens (primary N) is 3. The van der Waals surface area contributed by atoms with E-state index in [0.29, 0.717) is 19.4 Å². The minimum absolute atomic E-state index is 0.0385. The van der Waals surface area contributed by atoms with Gasteiger partial charge in [0, 0.05) is 6.54 Å². The van der Waals surface area contributed by atoms with Crippen molar-refractivity contribution >= 4 is 11.9 Å². The molecule has 0 aromatic heterocycles. The van der Waals surface area contributed by atoms with Crippen LogP contribution in [0.4, 0.5) is 0 Å². The zero-order chi connectivity index (χ0) is 24.1. The number of hydrogen-bond donors (Lipinski definition) is 3. The molecule has 178 valence electrons. The van der Waals surface area contributed by atoms with Crippen molar-refractivity contribution in [1.29, 1.82) is 0 Å². The van der Waals surface area contributed by atoms with E-state index in [2.05, 4.69) is 50.9 Å². The predicted molar refractivity (Wildman–Crippen MR) is 135 cm³/mol. The lowest BCUT2D eigenvalue weighted by Crippen LogP contribution is -2.32. The van der Waals surface area contributed by atoms with Crippen molar-refractivity contribution in [3.63, 3.8) is 0 Å². The van der Waals surface area contributed by atoms with E-state index in [9.17, 15) is 4.79 Å². The summed E-state index contributed by atoms with van der Waals surface area (Å²) in [5.74, 6) is -0.379. The lowest BCUT2D eigenvalue weighted by atomic mass is 9.72. The van der Waals surface area contributed by atoms with Crippen LogP contribution in [0.2, 0.25) is 0 Å². The fourth-order valence-electron chi connectivity index (χ4n) is 3.70. The molecule has 0 aliphatic heterocycles. The van der Waals surface area contributed by atoms with Gasteiger partial charge in [-0.3, -0.25) is 9.79 Å². The van der Waals surface area contributed by atoms with Gasteiger partial charge in [0.1, 0.15) is 12.6 Å². The molecule has 32 heavy (non-hydrogen) atoms. The Hall–Kier alpha value is -2.60. The van der Waals surface area contributed by atoms with Gasteiger partial charge in [-0.15, -0.1) is 0 Å². The molecule has 1 aliphatic rings. The average Bonchev–Trinajstić information content (AvgIpc) is 2.69. The number of carbonyl (C=O) groups excluding carboxylic acids is 1. The normalized spacial score (nSPS) is 18.3. The van der Waals surface area contributed by atoms with Crippen molar-refractivity contribution in [3.8, 4) is 0 Å².